The maximum Gasteiger partial charge on any atom is 0.139 e. The van der Waals surface area contributed by atoms with Gasteiger partial charge in [0.2, 0.25) is 0 Å². The molecular weight excluding hydrogens is 231 g/mol. The van der Waals surface area contributed by atoms with Crippen molar-refractivity contribution in [2.75, 3.05) is 0 Å². The first kappa shape index (κ1) is 9.01. The average Bonchev–Trinajstić information content (AvgIpc) is 2.69. The number of hydrogen-bond donors (Lipinski definition) is 1. The first-order chi connectivity index (χ1) is 7.27. The number of benzene rings is 1. The summed E-state index contributed by atoms with van der Waals surface area (Å²) in [7, 11) is 0. The van der Waals surface area contributed by atoms with Crippen molar-refractivity contribution in [1.82, 2.24) is 9.97 Å². The van der Waals surface area contributed by atoms with Crippen LogP contribution in [0.15, 0.2) is 30.5 Å². The highest BCUT2D eigenvalue weighted by Gasteiger charge is 2.09. The van der Waals surface area contributed by atoms with E-state index in [2.05, 4.69) is 9.97 Å². The summed E-state index contributed by atoms with van der Waals surface area (Å²) in [6.45, 7) is 0. The molecular formula is C11H6Cl2N2. The lowest BCUT2D eigenvalue weighted by atomic mass is 10.2. The molecule has 0 amide bonds. The molecule has 3 rings (SSSR count). The second-order valence-electron chi connectivity index (χ2n) is 3.30. The molecule has 0 aliphatic carbocycles. The summed E-state index contributed by atoms with van der Waals surface area (Å²) in [6.07, 6.45) is 1.85. The Bertz CT molecular complexity index is 658. The maximum absolute atomic E-state index is 6.06. The molecule has 2 heterocycles. The quantitative estimate of drug-likeness (QED) is 0.587. The molecule has 0 aliphatic heterocycles. The van der Waals surface area contributed by atoms with Crippen LogP contribution < -0.4 is 0 Å². The number of pyridine rings is 1. The number of rotatable bonds is 0. The van der Waals surface area contributed by atoms with Gasteiger partial charge in [-0.25, -0.2) is 4.98 Å². The number of halogens is 2. The Morgan fingerprint density at radius 2 is 1.93 bits per heavy atom. The van der Waals surface area contributed by atoms with Crippen LogP contribution in [-0.4, -0.2) is 9.97 Å². The molecule has 0 saturated carbocycles. The summed E-state index contributed by atoms with van der Waals surface area (Å²) in [5.74, 6) is 0. The summed E-state index contributed by atoms with van der Waals surface area (Å²) < 4.78 is 0. The van der Waals surface area contributed by atoms with Gasteiger partial charge in [0.1, 0.15) is 5.15 Å². The molecule has 15 heavy (non-hydrogen) atoms. The van der Waals surface area contributed by atoms with Crippen LogP contribution in [0.2, 0.25) is 10.2 Å². The van der Waals surface area contributed by atoms with Gasteiger partial charge < -0.3 is 4.98 Å². The van der Waals surface area contributed by atoms with Crippen molar-refractivity contribution in [3.63, 3.8) is 0 Å². The monoisotopic (exact) mass is 236 g/mol. The smallest absolute Gasteiger partial charge is 0.139 e. The number of H-pyrrole nitrogens is 1. The van der Waals surface area contributed by atoms with Crippen LogP contribution in [0.25, 0.3) is 21.8 Å². The van der Waals surface area contributed by atoms with E-state index in [0.29, 0.717) is 10.2 Å². The Morgan fingerprint density at radius 3 is 2.80 bits per heavy atom. The van der Waals surface area contributed by atoms with E-state index in [9.17, 15) is 0 Å². The molecule has 0 bridgehead atoms. The molecule has 0 unspecified atom stereocenters. The fraction of sp³-hybridized carbons (Fsp3) is 0. The topological polar surface area (TPSA) is 28.7 Å². The van der Waals surface area contributed by atoms with Crippen molar-refractivity contribution in [3.05, 3.63) is 40.6 Å². The number of hydrogen-bond acceptors (Lipinski definition) is 1. The minimum Gasteiger partial charge on any atom is -0.361 e. The van der Waals surface area contributed by atoms with E-state index in [1.807, 2.05) is 30.5 Å². The summed E-state index contributed by atoms with van der Waals surface area (Å²) in [4.78, 5) is 7.44. The SMILES string of the molecule is Clc1nc2c(Cl)cccc2c2[nH]ccc12. The number of aromatic amines is 1. The van der Waals surface area contributed by atoms with Crippen LogP contribution in [0.1, 0.15) is 0 Å². The highest BCUT2D eigenvalue weighted by molar-refractivity contribution is 6.38. The lowest BCUT2D eigenvalue weighted by molar-refractivity contribution is 1.43. The van der Waals surface area contributed by atoms with E-state index in [4.69, 9.17) is 23.2 Å². The molecule has 2 nitrogen and oxygen atoms in total. The zero-order valence-electron chi connectivity index (χ0n) is 7.59. The molecule has 74 valence electrons. The number of nitrogens with one attached hydrogen (secondary N) is 1. The third-order valence-electron chi connectivity index (χ3n) is 2.44. The Balaban J connectivity index is 2.66. The number of para-hydroxylation sites is 1. The molecule has 4 heteroatoms. The molecule has 3 aromatic rings. The van der Waals surface area contributed by atoms with E-state index in [1.165, 1.54) is 0 Å². The van der Waals surface area contributed by atoms with E-state index < -0.39 is 0 Å². The summed E-state index contributed by atoms with van der Waals surface area (Å²) in [5, 5.41) is 3.01. The molecule has 0 aliphatic rings. The van der Waals surface area contributed by atoms with E-state index >= 15 is 0 Å². The largest absolute Gasteiger partial charge is 0.361 e. The molecule has 1 N–H and O–H groups in total. The highest BCUT2D eigenvalue weighted by atomic mass is 35.5. The zero-order valence-corrected chi connectivity index (χ0v) is 9.10. The minimum atomic E-state index is 0.479. The maximum atomic E-state index is 6.06. The second-order valence-corrected chi connectivity index (χ2v) is 4.07. The number of nitrogens with zero attached hydrogens (tertiary/aromatic N) is 1. The Hall–Kier alpha value is -1.25. The van der Waals surface area contributed by atoms with Gasteiger partial charge in [0.15, 0.2) is 0 Å². The molecule has 1 aromatic carbocycles. The summed E-state index contributed by atoms with van der Waals surface area (Å²) in [6, 6.07) is 7.59. The standard InChI is InChI=1S/C11H6Cl2N2/c12-8-3-1-2-6-9-7(4-5-14-9)11(13)15-10(6)8/h1-5,14H. The normalized spacial score (nSPS) is 11.3. The Morgan fingerprint density at radius 1 is 1.07 bits per heavy atom. The van der Waals surface area contributed by atoms with Gasteiger partial charge >= 0.3 is 0 Å². The fourth-order valence-corrected chi connectivity index (χ4v) is 2.21. The Labute approximate surface area is 95.8 Å². The molecule has 0 spiro atoms. The van der Waals surface area contributed by atoms with Gasteiger partial charge in [-0.2, -0.15) is 0 Å². The van der Waals surface area contributed by atoms with Crippen molar-refractivity contribution in [1.29, 1.82) is 0 Å². The van der Waals surface area contributed by atoms with Crippen molar-refractivity contribution in [2.24, 2.45) is 0 Å². The number of fused-ring (bicyclic) bond motifs is 3. The minimum absolute atomic E-state index is 0.479. The summed E-state index contributed by atoms with van der Waals surface area (Å²) in [5.41, 5.74) is 1.71. The first-order valence-electron chi connectivity index (χ1n) is 4.48. The van der Waals surface area contributed by atoms with Crippen LogP contribution in [0.3, 0.4) is 0 Å². The predicted octanol–water partition coefficient (Wildman–Crippen LogP) is 4.02. The van der Waals surface area contributed by atoms with Crippen LogP contribution >= 0.6 is 23.2 Å². The average molecular weight is 237 g/mol. The van der Waals surface area contributed by atoms with Crippen molar-refractivity contribution < 1.29 is 0 Å². The first-order valence-corrected chi connectivity index (χ1v) is 5.24. The van der Waals surface area contributed by atoms with Crippen molar-refractivity contribution in [3.8, 4) is 0 Å². The fourth-order valence-electron chi connectivity index (χ4n) is 1.75. The number of aromatic nitrogens is 2. The third kappa shape index (κ3) is 1.22. The molecule has 0 fully saturated rings. The Kier molecular flexibility index (Phi) is 1.87. The predicted molar refractivity (Wildman–Crippen MR) is 63.6 cm³/mol. The van der Waals surface area contributed by atoms with Gasteiger partial charge in [0.25, 0.3) is 0 Å². The van der Waals surface area contributed by atoms with Gasteiger partial charge in [0.05, 0.1) is 16.1 Å². The van der Waals surface area contributed by atoms with Crippen molar-refractivity contribution >= 4 is 45.0 Å². The van der Waals surface area contributed by atoms with Gasteiger partial charge in [-0.3, -0.25) is 0 Å². The van der Waals surface area contributed by atoms with Gasteiger partial charge in [0, 0.05) is 17.0 Å². The van der Waals surface area contributed by atoms with Crippen LogP contribution in [-0.2, 0) is 0 Å². The highest BCUT2D eigenvalue weighted by Crippen LogP contribution is 2.31. The van der Waals surface area contributed by atoms with Crippen molar-refractivity contribution in [2.45, 2.75) is 0 Å². The molecule has 0 atom stereocenters. The van der Waals surface area contributed by atoms with Gasteiger partial charge in [-0.05, 0) is 12.1 Å². The van der Waals surface area contributed by atoms with Crippen LogP contribution in [0.5, 0.6) is 0 Å². The van der Waals surface area contributed by atoms with E-state index in [-0.39, 0.29) is 0 Å². The van der Waals surface area contributed by atoms with E-state index in [0.717, 1.165) is 21.8 Å². The lowest BCUT2D eigenvalue weighted by Crippen LogP contribution is -1.83. The van der Waals surface area contributed by atoms with Gasteiger partial charge in [-0.15, -0.1) is 0 Å². The lowest BCUT2D eigenvalue weighted by Gasteiger charge is -2.02. The third-order valence-corrected chi connectivity index (χ3v) is 3.03. The molecule has 2 aromatic heterocycles. The zero-order chi connectivity index (χ0) is 10.4. The summed E-state index contributed by atoms with van der Waals surface area (Å²) >= 11 is 12.1. The van der Waals surface area contributed by atoms with Crippen LogP contribution in [0.4, 0.5) is 0 Å². The van der Waals surface area contributed by atoms with Crippen LogP contribution in [0, 0.1) is 0 Å². The van der Waals surface area contributed by atoms with Gasteiger partial charge in [-0.1, -0.05) is 35.3 Å². The molecule has 0 radical (unpaired) electrons. The van der Waals surface area contributed by atoms with E-state index in [1.54, 1.807) is 0 Å². The second kappa shape index (κ2) is 3.12. The molecule has 0 saturated heterocycles.